The largest absolute Gasteiger partial charge is 0.359 e. The summed E-state index contributed by atoms with van der Waals surface area (Å²) >= 11 is 0. The Morgan fingerprint density at radius 1 is 1.12 bits per heavy atom. The first-order valence-corrected chi connectivity index (χ1v) is 8.25. The molecule has 6 nitrogen and oxygen atoms in total. The molecule has 0 saturated heterocycles. The van der Waals surface area contributed by atoms with Gasteiger partial charge in [0.2, 0.25) is 0 Å². The molecule has 1 aromatic carbocycles. The second-order valence-electron chi connectivity index (χ2n) is 5.75. The van der Waals surface area contributed by atoms with Crippen LogP contribution in [0.1, 0.15) is 20.1 Å². The van der Waals surface area contributed by atoms with Gasteiger partial charge < -0.3 is 4.74 Å². The van der Waals surface area contributed by atoms with E-state index >= 15 is 0 Å². The van der Waals surface area contributed by atoms with Crippen molar-refractivity contribution in [1.29, 1.82) is 0 Å². The van der Waals surface area contributed by atoms with Crippen molar-refractivity contribution < 1.29 is 4.74 Å². The lowest BCUT2D eigenvalue weighted by molar-refractivity contribution is 0.0275. The van der Waals surface area contributed by atoms with Crippen LogP contribution < -0.4 is 5.56 Å². The lowest BCUT2D eigenvalue weighted by atomic mass is 10.2. The fourth-order valence-electron chi connectivity index (χ4n) is 3.15. The Morgan fingerprint density at radius 3 is 2.68 bits per heavy atom. The highest BCUT2D eigenvalue weighted by Crippen LogP contribution is 2.24. The maximum atomic E-state index is 13.3. The second kappa shape index (κ2) is 6.14. The fraction of sp³-hybridized carbons (Fsp3) is 0.211. The first-order valence-electron chi connectivity index (χ1n) is 8.25. The minimum absolute atomic E-state index is 0.156. The number of fused-ring (bicyclic) bond motifs is 3. The third kappa shape index (κ3) is 2.42. The molecule has 0 aliphatic heterocycles. The van der Waals surface area contributed by atoms with Gasteiger partial charge in [0.15, 0.2) is 0 Å². The molecule has 3 heterocycles. The Labute approximate surface area is 144 Å². The third-order valence-corrected chi connectivity index (χ3v) is 4.27. The molecular formula is C19H18N4O2. The number of hydrogen-bond acceptors (Lipinski definition) is 4. The molecule has 25 heavy (non-hydrogen) atoms. The van der Waals surface area contributed by atoms with Gasteiger partial charge in [-0.25, -0.2) is 9.97 Å². The van der Waals surface area contributed by atoms with E-state index in [1.807, 2.05) is 56.3 Å². The molecule has 0 radical (unpaired) electrons. The fourth-order valence-corrected chi connectivity index (χ4v) is 3.15. The van der Waals surface area contributed by atoms with E-state index in [1.54, 1.807) is 21.7 Å². The van der Waals surface area contributed by atoms with Crippen LogP contribution in [0.3, 0.4) is 0 Å². The summed E-state index contributed by atoms with van der Waals surface area (Å²) in [4.78, 5) is 22.3. The quantitative estimate of drug-likeness (QED) is 0.574. The highest BCUT2D eigenvalue weighted by atomic mass is 16.5. The van der Waals surface area contributed by atoms with Crippen molar-refractivity contribution in [3.8, 4) is 5.69 Å². The van der Waals surface area contributed by atoms with Crippen molar-refractivity contribution in [2.75, 3.05) is 6.61 Å². The van der Waals surface area contributed by atoms with E-state index in [0.717, 1.165) is 11.1 Å². The van der Waals surface area contributed by atoms with Gasteiger partial charge in [0.25, 0.3) is 5.56 Å². The number of nitrogens with zero attached hydrogens (tertiary/aromatic N) is 4. The van der Waals surface area contributed by atoms with Crippen LogP contribution in [0.25, 0.3) is 27.8 Å². The number of ether oxygens (including phenoxy) is 1. The van der Waals surface area contributed by atoms with Crippen molar-refractivity contribution in [2.45, 2.75) is 20.1 Å². The topological polar surface area (TPSA) is 61.9 Å². The lowest BCUT2D eigenvalue weighted by Crippen LogP contribution is -2.23. The van der Waals surface area contributed by atoms with Crippen molar-refractivity contribution in [1.82, 2.24) is 19.1 Å². The predicted octanol–water partition coefficient (Wildman–Crippen LogP) is 3.29. The van der Waals surface area contributed by atoms with Gasteiger partial charge in [0, 0.05) is 18.2 Å². The zero-order valence-corrected chi connectivity index (χ0v) is 14.1. The van der Waals surface area contributed by atoms with Crippen molar-refractivity contribution in [3.63, 3.8) is 0 Å². The number of hydrogen-bond donors (Lipinski definition) is 0. The number of imidazole rings is 1. The Hall–Kier alpha value is -2.99. The standard InChI is InChI=1S/C19H18N4O2/c1-3-25-13(2)22-12-21-16-15-10-7-11-20-18(15)23(19(24)17(16)22)14-8-5-4-6-9-14/h4-13H,3H2,1-2H3. The van der Waals surface area contributed by atoms with E-state index < -0.39 is 0 Å². The molecule has 1 atom stereocenters. The molecule has 4 aromatic rings. The summed E-state index contributed by atoms with van der Waals surface area (Å²) in [5.74, 6) is 0. The Balaban J connectivity index is 2.14. The highest BCUT2D eigenvalue weighted by Gasteiger charge is 2.19. The second-order valence-corrected chi connectivity index (χ2v) is 5.75. The van der Waals surface area contributed by atoms with Crippen molar-refractivity contribution in [3.05, 3.63) is 65.3 Å². The van der Waals surface area contributed by atoms with Crippen LogP contribution in [0.15, 0.2) is 59.8 Å². The molecule has 6 heteroatoms. The maximum absolute atomic E-state index is 13.3. The van der Waals surface area contributed by atoms with Gasteiger partial charge in [-0.15, -0.1) is 0 Å². The molecule has 0 N–H and O–H groups in total. The number of pyridine rings is 2. The van der Waals surface area contributed by atoms with Crippen molar-refractivity contribution >= 4 is 22.1 Å². The van der Waals surface area contributed by atoms with Crippen LogP contribution in [-0.2, 0) is 4.74 Å². The molecule has 3 aromatic heterocycles. The van der Waals surface area contributed by atoms with Crippen LogP contribution >= 0.6 is 0 Å². The molecule has 4 rings (SSSR count). The molecule has 0 saturated carbocycles. The minimum Gasteiger partial charge on any atom is -0.359 e. The Kier molecular flexibility index (Phi) is 3.82. The summed E-state index contributed by atoms with van der Waals surface area (Å²) in [6, 6.07) is 13.3. The average molecular weight is 334 g/mol. The van der Waals surface area contributed by atoms with Gasteiger partial charge in [-0.1, -0.05) is 18.2 Å². The average Bonchev–Trinajstić information content (AvgIpc) is 3.09. The monoisotopic (exact) mass is 334 g/mol. The number of para-hydroxylation sites is 1. The Morgan fingerprint density at radius 2 is 1.92 bits per heavy atom. The van der Waals surface area contributed by atoms with E-state index in [0.29, 0.717) is 23.3 Å². The molecule has 0 aliphatic carbocycles. The summed E-state index contributed by atoms with van der Waals surface area (Å²) in [7, 11) is 0. The third-order valence-electron chi connectivity index (χ3n) is 4.27. The van der Waals surface area contributed by atoms with E-state index in [1.165, 1.54) is 0 Å². The zero-order chi connectivity index (χ0) is 17.4. The SMILES string of the molecule is CCOC(C)n1cnc2c3cccnc3n(-c3ccccc3)c(=O)c21. The van der Waals surface area contributed by atoms with Crippen LogP contribution in [0.5, 0.6) is 0 Å². The molecule has 1 unspecified atom stereocenters. The normalized spacial score (nSPS) is 12.7. The number of benzene rings is 1. The van der Waals surface area contributed by atoms with Gasteiger partial charge >= 0.3 is 0 Å². The first-order chi connectivity index (χ1) is 12.2. The van der Waals surface area contributed by atoms with E-state index in [-0.39, 0.29) is 11.8 Å². The first kappa shape index (κ1) is 15.5. The van der Waals surface area contributed by atoms with Gasteiger partial charge in [-0.2, -0.15) is 0 Å². The van der Waals surface area contributed by atoms with Crippen LogP contribution in [0.2, 0.25) is 0 Å². The summed E-state index contributed by atoms with van der Waals surface area (Å²) < 4.78 is 9.08. The van der Waals surface area contributed by atoms with Crippen LogP contribution in [-0.4, -0.2) is 25.7 Å². The summed E-state index contributed by atoms with van der Waals surface area (Å²) in [5, 5.41) is 0.836. The smallest absolute Gasteiger partial charge is 0.283 e. The van der Waals surface area contributed by atoms with Crippen LogP contribution in [0, 0.1) is 0 Å². The molecule has 126 valence electrons. The molecule has 0 bridgehead atoms. The van der Waals surface area contributed by atoms with Crippen molar-refractivity contribution in [2.24, 2.45) is 0 Å². The van der Waals surface area contributed by atoms with E-state index in [9.17, 15) is 4.79 Å². The van der Waals surface area contributed by atoms with Gasteiger partial charge in [-0.3, -0.25) is 13.9 Å². The zero-order valence-electron chi connectivity index (χ0n) is 14.1. The molecule has 0 aliphatic rings. The molecule has 0 fully saturated rings. The number of rotatable bonds is 4. The number of aromatic nitrogens is 4. The van der Waals surface area contributed by atoms with Gasteiger partial charge in [-0.05, 0) is 38.1 Å². The van der Waals surface area contributed by atoms with E-state index in [2.05, 4.69) is 9.97 Å². The molecule has 0 amide bonds. The van der Waals surface area contributed by atoms with E-state index in [4.69, 9.17) is 4.74 Å². The molecule has 0 spiro atoms. The Bertz CT molecular complexity index is 1100. The van der Waals surface area contributed by atoms with Gasteiger partial charge in [0.05, 0.1) is 12.0 Å². The van der Waals surface area contributed by atoms with Crippen LogP contribution in [0.4, 0.5) is 0 Å². The van der Waals surface area contributed by atoms with Gasteiger partial charge in [0.1, 0.15) is 22.9 Å². The summed E-state index contributed by atoms with van der Waals surface area (Å²) in [5.41, 5.74) is 2.38. The molecular weight excluding hydrogens is 316 g/mol. The maximum Gasteiger partial charge on any atom is 0.283 e. The minimum atomic E-state index is -0.277. The predicted molar refractivity (Wildman–Crippen MR) is 97.0 cm³/mol. The lowest BCUT2D eigenvalue weighted by Gasteiger charge is -2.15. The summed E-state index contributed by atoms with van der Waals surface area (Å²) in [6.07, 6.45) is 3.07. The summed E-state index contributed by atoms with van der Waals surface area (Å²) in [6.45, 7) is 4.39. The highest BCUT2D eigenvalue weighted by molar-refractivity contribution is 6.01.